The third-order valence-electron chi connectivity index (χ3n) is 4.00. The third-order valence-corrected chi connectivity index (χ3v) is 5.13. The van der Waals surface area contributed by atoms with Crippen LogP contribution in [0.4, 0.5) is 0 Å². The first-order valence-corrected chi connectivity index (χ1v) is 10.5. The molecule has 7 heteroatoms. The Morgan fingerprint density at radius 3 is 2.11 bits per heavy atom. The van der Waals surface area contributed by atoms with Crippen molar-refractivity contribution in [3.63, 3.8) is 0 Å². The minimum absolute atomic E-state index is 0. The van der Waals surface area contributed by atoms with E-state index in [2.05, 4.69) is 46.4 Å². The van der Waals surface area contributed by atoms with Gasteiger partial charge in [0, 0.05) is 26.4 Å². The van der Waals surface area contributed by atoms with Crippen LogP contribution in [0.5, 0.6) is 0 Å². The van der Waals surface area contributed by atoms with Gasteiger partial charge in [0.2, 0.25) is 0 Å². The van der Waals surface area contributed by atoms with Crippen molar-refractivity contribution in [3.05, 3.63) is 65.2 Å². The molecule has 2 rings (SSSR count). The number of halogens is 1. The highest BCUT2D eigenvalue weighted by Gasteiger charge is 2.08. The second-order valence-corrected chi connectivity index (χ2v) is 8.44. The van der Waals surface area contributed by atoms with Crippen LogP contribution < -0.4 is 5.32 Å². The Bertz CT molecular complexity index is 848. The highest BCUT2D eigenvalue weighted by molar-refractivity contribution is 14.0. The van der Waals surface area contributed by atoms with Crippen LogP contribution in [0.25, 0.3) is 0 Å². The molecule has 0 unspecified atom stereocenters. The van der Waals surface area contributed by atoms with Crippen LogP contribution in [0.15, 0.2) is 58.4 Å². The van der Waals surface area contributed by atoms with Gasteiger partial charge in [0.05, 0.1) is 11.4 Å². The van der Waals surface area contributed by atoms with Crippen LogP contribution in [-0.2, 0) is 22.9 Å². The summed E-state index contributed by atoms with van der Waals surface area (Å²) in [7, 11) is -1.16. The molecule has 0 atom stereocenters. The average molecular weight is 501 g/mol. The molecular weight excluding hydrogens is 473 g/mol. The molecule has 5 nitrogen and oxygen atoms in total. The number of aliphatic imine (C=N–C) groups is 1. The summed E-state index contributed by atoms with van der Waals surface area (Å²) in [5.74, 6) is 0.820. The Morgan fingerprint density at radius 1 is 1.04 bits per heavy atom. The maximum absolute atomic E-state index is 11.5. The molecule has 0 saturated carbocycles. The number of hydrogen-bond acceptors (Lipinski definition) is 3. The Hall–Kier alpha value is -1.61. The third kappa shape index (κ3) is 7.50. The molecule has 0 amide bonds. The largest absolute Gasteiger partial charge is 0.357 e. The van der Waals surface area contributed by atoms with Crippen molar-refractivity contribution >= 4 is 39.8 Å². The fourth-order valence-electron chi connectivity index (χ4n) is 2.52. The first kappa shape index (κ1) is 23.4. The Morgan fingerprint density at radius 2 is 1.59 bits per heavy atom. The molecule has 0 radical (unpaired) electrons. The summed E-state index contributed by atoms with van der Waals surface area (Å²) in [5.41, 5.74) is 3.44. The molecular formula is C20H28IN3O2S. The molecule has 0 saturated heterocycles. The van der Waals surface area contributed by atoms with Gasteiger partial charge in [-0.3, -0.25) is 0 Å². The van der Waals surface area contributed by atoms with Crippen molar-refractivity contribution in [2.45, 2.75) is 31.8 Å². The number of benzene rings is 2. The van der Waals surface area contributed by atoms with E-state index >= 15 is 0 Å². The van der Waals surface area contributed by atoms with Crippen LogP contribution in [0.3, 0.4) is 0 Å². The molecule has 0 spiro atoms. The number of sulfone groups is 1. The number of rotatable bonds is 6. The summed E-state index contributed by atoms with van der Waals surface area (Å²) in [6.45, 7) is 6.15. The van der Waals surface area contributed by atoms with Crippen molar-refractivity contribution < 1.29 is 8.42 Å². The number of nitrogens with zero attached hydrogens (tertiary/aromatic N) is 2. The zero-order valence-corrected chi connectivity index (χ0v) is 19.4. The van der Waals surface area contributed by atoms with Crippen molar-refractivity contribution in [3.8, 4) is 0 Å². The van der Waals surface area contributed by atoms with Crippen molar-refractivity contribution in [2.75, 3.05) is 19.8 Å². The van der Waals surface area contributed by atoms with Gasteiger partial charge in [-0.2, -0.15) is 0 Å². The lowest BCUT2D eigenvalue weighted by Crippen LogP contribution is -2.38. The smallest absolute Gasteiger partial charge is 0.194 e. The first-order valence-electron chi connectivity index (χ1n) is 8.63. The van der Waals surface area contributed by atoms with E-state index in [0.29, 0.717) is 11.4 Å². The highest BCUT2D eigenvalue weighted by Crippen LogP contribution is 2.11. The van der Waals surface area contributed by atoms with Gasteiger partial charge >= 0.3 is 0 Å². The number of hydrogen-bond donors (Lipinski definition) is 1. The van der Waals surface area contributed by atoms with E-state index in [0.717, 1.165) is 24.6 Å². The minimum atomic E-state index is -3.17. The van der Waals surface area contributed by atoms with Gasteiger partial charge in [0.1, 0.15) is 0 Å². The monoisotopic (exact) mass is 501 g/mol. The predicted octanol–water partition coefficient (Wildman–Crippen LogP) is 3.61. The van der Waals surface area contributed by atoms with E-state index < -0.39 is 9.84 Å². The maximum Gasteiger partial charge on any atom is 0.194 e. The molecule has 2 aromatic rings. The van der Waals surface area contributed by atoms with Crippen LogP contribution in [-0.4, -0.2) is 39.1 Å². The van der Waals surface area contributed by atoms with Crippen molar-refractivity contribution in [1.29, 1.82) is 0 Å². The minimum Gasteiger partial charge on any atom is -0.357 e. The molecule has 0 heterocycles. The number of aryl methyl sites for hydroxylation is 1. The molecule has 0 aliphatic heterocycles. The number of nitrogens with one attached hydrogen (secondary N) is 1. The molecule has 2 aromatic carbocycles. The Balaban J connectivity index is 0.00000364. The molecule has 27 heavy (non-hydrogen) atoms. The van der Waals surface area contributed by atoms with Gasteiger partial charge in [-0.15, -0.1) is 24.0 Å². The average Bonchev–Trinajstić information content (AvgIpc) is 2.60. The molecule has 0 aliphatic carbocycles. The molecule has 0 aliphatic rings. The van der Waals surface area contributed by atoms with E-state index in [1.54, 1.807) is 12.1 Å². The SMILES string of the molecule is CCNC(=NCc1ccc(S(C)(=O)=O)cc1)N(C)Cc1ccc(C)cc1.I. The highest BCUT2D eigenvalue weighted by atomic mass is 127. The van der Waals surface area contributed by atoms with Gasteiger partial charge in [0.15, 0.2) is 15.8 Å². The predicted molar refractivity (Wildman–Crippen MR) is 122 cm³/mol. The quantitative estimate of drug-likeness (QED) is 0.373. The van der Waals surface area contributed by atoms with E-state index in [1.165, 1.54) is 17.4 Å². The summed E-state index contributed by atoms with van der Waals surface area (Å²) in [6, 6.07) is 15.3. The summed E-state index contributed by atoms with van der Waals surface area (Å²) >= 11 is 0. The lowest BCUT2D eigenvalue weighted by Gasteiger charge is -2.22. The van der Waals surface area contributed by atoms with E-state index in [9.17, 15) is 8.42 Å². The van der Waals surface area contributed by atoms with Crippen LogP contribution in [0.2, 0.25) is 0 Å². The maximum atomic E-state index is 11.5. The van der Waals surface area contributed by atoms with E-state index in [-0.39, 0.29) is 24.0 Å². The molecule has 0 bridgehead atoms. The molecule has 0 aromatic heterocycles. The van der Waals surface area contributed by atoms with Gasteiger partial charge in [-0.1, -0.05) is 42.0 Å². The summed E-state index contributed by atoms with van der Waals surface area (Å²) in [4.78, 5) is 7.08. The van der Waals surface area contributed by atoms with Gasteiger partial charge in [-0.25, -0.2) is 13.4 Å². The van der Waals surface area contributed by atoms with Gasteiger partial charge < -0.3 is 10.2 Å². The molecule has 148 valence electrons. The van der Waals surface area contributed by atoms with Gasteiger partial charge in [-0.05, 0) is 37.1 Å². The zero-order chi connectivity index (χ0) is 19.2. The lowest BCUT2D eigenvalue weighted by molar-refractivity contribution is 0.477. The topological polar surface area (TPSA) is 61.8 Å². The van der Waals surface area contributed by atoms with Gasteiger partial charge in [0.25, 0.3) is 0 Å². The zero-order valence-electron chi connectivity index (χ0n) is 16.3. The standard InChI is InChI=1S/C20H27N3O2S.HI/c1-5-21-20(23(3)15-18-8-6-16(2)7-9-18)22-14-17-10-12-19(13-11-17)26(4,24)25;/h6-13H,5,14-15H2,1-4H3,(H,21,22);1H. The first-order chi connectivity index (χ1) is 12.3. The fraction of sp³-hybridized carbons (Fsp3) is 0.350. The van der Waals surface area contributed by atoms with E-state index in [1.807, 2.05) is 26.1 Å². The second kappa shape index (κ2) is 10.7. The molecule has 0 fully saturated rings. The van der Waals surface area contributed by atoms with Crippen molar-refractivity contribution in [2.24, 2.45) is 4.99 Å². The van der Waals surface area contributed by atoms with Crippen LogP contribution in [0.1, 0.15) is 23.6 Å². The lowest BCUT2D eigenvalue weighted by atomic mass is 10.1. The van der Waals surface area contributed by atoms with Crippen molar-refractivity contribution in [1.82, 2.24) is 10.2 Å². The number of guanidine groups is 1. The normalized spacial score (nSPS) is 11.6. The Kier molecular flexibility index (Phi) is 9.25. The fourth-order valence-corrected chi connectivity index (χ4v) is 3.15. The summed E-state index contributed by atoms with van der Waals surface area (Å²) in [6.07, 6.45) is 1.21. The second-order valence-electron chi connectivity index (χ2n) is 6.43. The van der Waals surface area contributed by atoms with Crippen LogP contribution >= 0.6 is 24.0 Å². The Labute approximate surface area is 179 Å². The van der Waals surface area contributed by atoms with E-state index in [4.69, 9.17) is 0 Å². The summed E-state index contributed by atoms with van der Waals surface area (Å²) in [5, 5.41) is 3.30. The van der Waals surface area contributed by atoms with Crippen LogP contribution in [0, 0.1) is 6.92 Å². The molecule has 1 N–H and O–H groups in total. The summed E-state index contributed by atoms with van der Waals surface area (Å²) < 4.78 is 23.1.